The topological polar surface area (TPSA) is 59.8 Å². The number of pyridine rings is 1. The van der Waals surface area contributed by atoms with Crippen molar-refractivity contribution in [3.05, 3.63) is 77.7 Å². The molecule has 5 nitrogen and oxygen atoms in total. The van der Waals surface area contributed by atoms with Gasteiger partial charge in [-0.2, -0.15) is 5.10 Å². The van der Waals surface area contributed by atoms with Crippen LogP contribution in [0.5, 0.6) is 0 Å². The standard InChI is InChI=1S/C20H22N4O/c1-20(2,3)17-12-18(22-19(25)16-9-5-4-6-10-16)24(23-17)14-15-8-7-11-21-13-15/h4-13H,14H2,1-3H3,(H,22,25). The summed E-state index contributed by atoms with van der Waals surface area (Å²) in [5, 5.41) is 7.68. The average molecular weight is 334 g/mol. The Labute approximate surface area is 147 Å². The van der Waals surface area contributed by atoms with Crippen molar-refractivity contribution >= 4 is 11.7 Å². The summed E-state index contributed by atoms with van der Waals surface area (Å²) < 4.78 is 1.82. The van der Waals surface area contributed by atoms with Crippen LogP contribution in [0.2, 0.25) is 0 Å². The van der Waals surface area contributed by atoms with E-state index in [-0.39, 0.29) is 11.3 Å². The molecule has 5 heteroatoms. The van der Waals surface area contributed by atoms with Gasteiger partial charge in [0.15, 0.2) is 0 Å². The number of aromatic nitrogens is 3. The second-order valence-electron chi connectivity index (χ2n) is 7.00. The molecule has 0 unspecified atom stereocenters. The maximum atomic E-state index is 12.5. The summed E-state index contributed by atoms with van der Waals surface area (Å²) in [6.45, 7) is 6.86. The molecule has 1 aromatic carbocycles. The number of hydrogen-bond donors (Lipinski definition) is 1. The monoisotopic (exact) mass is 334 g/mol. The number of carbonyl (C=O) groups is 1. The molecule has 0 fully saturated rings. The van der Waals surface area contributed by atoms with Gasteiger partial charge < -0.3 is 5.32 Å². The fourth-order valence-electron chi connectivity index (χ4n) is 2.45. The molecule has 128 valence electrons. The lowest BCUT2D eigenvalue weighted by Gasteiger charge is -2.14. The third-order valence-corrected chi connectivity index (χ3v) is 3.88. The van der Waals surface area contributed by atoms with Crippen LogP contribution in [-0.2, 0) is 12.0 Å². The maximum absolute atomic E-state index is 12.5. The van der Waals surface area contributed by atoms with Crippen LogP contribution in [0, 0.1) is 0 Å². The van der Waals surface area contributed by atoms with Gasteiger partial charge in [0, 0.05) is 29.4 Å². The number of anilines is 1. The highest BCUT2D eigenvalue weighted by molar-refractivity contribution is 6.03. The Morgan fingerprint density at radius 2 is 1.88 bits per heavy atom. The van der Waals surface area contributed by atoms with Crippen molar-refractivity contribution in [2.75, 3.05) is 5.32 Å². The van der Waals surface area contributed by atoms with Gasteiger partial charge in [0.25, 0.3) is 5.91 Å². The van der Waals surface area contributed by atoms with Crippen LogP contribution >= 0.6 is 0 Å². The normalized spacial score (nSPS) is 11.3. The number of nitrogens with one attached hydrogen (secondary N) is 1. The number of nitrogens with zero attached hydrogens (tertiary/aromatic N) is 3. The van der Waals surface area contributed by atoms with Gasteiger partial charge in [-0.15, -0.1) is 0 Å². The fraction of sp³-hybridized carbons (Fsp3) is 0.250. The van der Waals surface area contributed by atoms with Crippen LogP contribution in [0.25, 0.3) is 0 Å². The predicted molar refractivity (Wildman–Crippen MR) is 98.7 cm³/mol. The molecule has 2 heterocycles. The summed E-state index contributed by atoms with van der Waals surface area (Å²) in [5.41, 5.74) is 2.47. The molecule has 0 atom stereocenters. The summed E-state index contributed by atoms with van der Waals surface area (Å²) >= 11 is 0. The molecule has 3 aromatic rings. The van der Waals surface area contributed by atoms with Gasteiger partial charge in [0.2, 0.25) is 0 Å². The quantitative estimate of drug-likeness (QED) is 0.788. The van der Waals surface area contributed by atoms with Gasteiger partial charge in [-0.3, -0.25) is 9.78 Å². The van der Waals surface area contributed by atoms with Crippen molar-refractivity contribution in [2.24, 2.45) is 0 Å². The second-order valence-corrected chi connectivity index (χ2v) is 7.00. The molecule has 2 aromatic heterocycles. The highest BCUT2D eigenvalue weighted by atomic mass is 16.1. The lowest BCUT2D eigenvalue weighted by molar-refractivity contribution is 0.102. The summed E-state index contributed by atoms with van der Waals surface area (Å²) in [6, 6.07) is 15.0. The first-order valence-corrected chi connectivity index (χ1v) is 8.27. The van der Waals surface area contributed by atoms with Crippen LogP contribution < -0.4 is 5.32 Å². The van der Waals surface area contributed by atoms with Gasteiger partial charge in [0.1, 0.15) is 5.82 Å². The van der Waals surface area contributed by atoms with E-state index in [1.165, 1.54) is 0 Å². The van der Waals surface area contributed by atoms with Gasteiger partial charge in [-0.1, -0.05) is 45.0 Å². The van der Waals surface area contributed by atoms with Crippen molar-refractivity contribution < 1.29 is 4.79 Å². The van der Waals surface area contributed by atoms with E-state index in [4.69, 9.17) is 5.10 Å². The first kappa shape index (κ1) is 16.9. The molecule has 0 saturated heterocycles. The molecule has 0 aliphatic rings. The van der Waals surface area contributed by atoms with Crippen LogP contribution in [0.1, 0.15) is 42.4 Å². The van der Waals surface area contributed by atoms with Crippen LogP contribution in [0.3, 0.4) is 0 Å². The highest BCUT2D eigenvalue weighted by Gasteiger charge is 2.21. The molecular weight excluding hydrogens is 312 g/mol. The minimum Gasteiger partial charge on any atom is -0.307 e. The zero-order valence-electron chi connectivity index (χ0n) is 14.7. The van der Waals surface area contributed by atoms with E-state index in [0.717, 1.165) is 11.3 Å². The first-order chi connectivity index (χ1) is 11.9. The minimum absolute atomic E-state index is 0.105. The van der Waals surface area contributed by atoms with Crippen LogP contribution in [0.4, 0.5) is 5.82 Å². The lowest BCUT2D eigenvalue weighted by Crippen LogP contribution is -2.16. The Bertz CT molecular complexity index is 848. The number of rotatable bonds is 4. The summed E-state index contributed by atoms with van der Waals surface area (Å²) in [4.78, 5) is 16.7. The Morgan fingerprint density at radius 3 is 2.52 bits per heavy atom. The first-order valence-electron chi connectivity index (χ1n) is 8.27. The largest absolute Gasteiger partial charge is 0.307 e. The van der Waals surface area contributed by atoms with Crippen LogP contribution in [0.15, 0.2) is 60.9 Å². The third kappa shape index (κ3) is 4.12. The third-order valence-electron chi connectivity index (χ3n) is 3.88. The van der Waals surface area contributed by atoms with E-state index in [9.17, 15) is 4.79 Å². The number of carbonyl (C=O) groups excluding carboxylic acids is 1. The zero-order valence-corrected chi connectivity index (χ0v) is 14.7. The van der Waals surface area contributed by atoms with Crippen LogP contribution in [-0.4, -0.2) is 20.7 Å². The Balaban J connectivity index is 1.91. The average Bonchev–Trinajstić information content (AvgIpc) is 2.99. The molecule has 0 bridgehead atoms. The summed E-state index contributed by atoms with van der Waals surface area (Å²) in [7, 11) is 0. The molecule has 0 radical (unpaired) electrons. The molecule has 0 spiro atoms. The summed E-state index contributed by atoms with van der Waals surface area (Å²) in [6.07, 6.45) is 3.55. The molecule has 0 aliphatic carbocycles. The van der Waals surface area contributed by atoms with Crippen molar-refractivity contribution in [3.8, 4) is 0 Å². The molecule has 25 heavy (non-hydrogen) atoms. The van der Waals surface area contributed by atoms with Gasteiger partial charge in [0.05, 0.1) is 12.2 Å². The molecule has 0 saturated carbocycles. The van der Waals surface area contributed by atoms with E-state index in [1.807, 2.05) is 41.1 Å². The fourth-order valence-corrected chi connectivity index (χ4v) is 2.45. The lowest BCUT2D eigenvalue weighted by atomic mass is 9.92. The molecule has 3 rings (SSSR count). The Morgan fingerprint density at radius 1 is 1.12 bits per heavy atom. The van der Waals surface area contributed by atoms with Crippen molar-refractivity contribution in [2.45, 2.75) is 32.7 Å². The van der Waals surface area contributed by atoms with Crippen molar-refractivity contribution in [1.82, 2.24) is 14.8 Å². The number of hydrogen-bond acceptors (Lipinski definition) is 3. The molecule has 1 amide bonds. The SMILES string of the molecule is CC(C)(C)c1cc(NC(=O)c2ccccc2)n(Cc2cccnc2)n1. The maximum Gasteiger partial charge on any atom is 0.256 e. The van der Waals surface area contributed by atoms with Gasteiger partial charge >= 0.3 is 0 Å². The van der Waals surface area contributed by atoms with E-state index < -0.39 is 0 Å². The minimum atomic E-state index is -0.145. The summed E-state index contributed by atoms with van der Waals surface area (Å²) in [5.74, 6) is 0.538. The van der Waals surface area contributed by atoms with E-state index in [1.54, 1.807) is 24.5 Å². The predicted octanol–water partition coefficient (Wildman–Crippen LogP) is 3.88. The van der Waals surface area contributed by atoms with Gasteiger partial charge in [-0.25, -0.2) is 4.68 Å². The highest BCUT2D eigenvalue weighted by Crippen LogP contribution is 2.25. The van der Waals surface area contributed by atoms with E-state index >= 15 is 0 Å². The van der Waals surface area contributed by atoms with E-state index in [2.05, 4.69) is 31.1 Å². The van der Waals surface area contributed by atoms with Crippen molar-refractivity contribution in [1.29, 1.82) is 0 Å². The smallest absolute Gasteiger partial charge is 0.256 e. The molecule has 0 aliphatic heterocycles. The molecule has 1 N–H and O–H groups in total. The molecular formula is C20H22N4O. The van der Waals surface area contributed by atoms with Crippen molar-refractivity contribution in [3.63, 3.8) is 0 Å². The second kappa shape index (κ2) is 6.89. The Kier molecular flexibility index (Phi) is 4.65. The Hall–Kier alpha value is -2.95. The zero-order chi connectivity index (χ0) is 17.9. The van der Waals surface area contributed by atoms with E-state index in [0.29, 0.717) is 17.9 Å². The number of amides is 1. The van der Waals surface area contributed by atoms with Gasteiger partial charge in [-0.05, 0) is 23.8 Å². The number of benzene rings is 1.